The van der Waals surface area contributed by atoms with E-state index < -0.39 is 0 Å². The molecule has 3 aromatic carbocycles. The third-order valence-electron chi connectivity index (χ3n) is 14.1. The van der Waals surface area contributed by atoms with Gasteiger partial charge in [0.15, 0.2) is 0 Å². The standard InChI is InChI=1S/C28H28Cl2N4O3.C22H26N4O3/c1-15-27(16(2)37-32-15)17-3-10-24-23(13-17)31-28(34(24)18-4-7-20(35)8-5-18)25-11-12-26(36)33(25)19-6-9-21(29)22(30)14-19;1-12-21(13(2)29-25-12)14-3-9-19-18(11-14)24-22(17-8-10-20(28)23-17)26(19)15-4-6-16(27)7-5-15/h3,6,9-10,13-14,18,20,25,35H,4-5,7-8,11-12H2,1-2H3;3,9,11,15-17,27H,4-8,10H2,1-2H3,(H,23,28)/t18?,20?,25-;15?,16?,17-/m00/s1. The van der Waals surface area contributed by atoms with E-state index in [2.05, 4.69) is 61.2 Å². The summed E-state index contributed by atoms with van der Waals surface area (Å²) in [5.74, 6) is 3.49. The summed E-state index contributed by atoms with van der Waals surface area (Å²) in [6.07, 6.45) is 8.61. The molecule has 14 nitrogen and oxygen atoms in total. The maximum Gasteiger partial charge on any atom is 0.227 e. The van der Waals surface area contributed by atoms with Gasteiger partial charge >= 0.3 is 0 Å². The van der Waals surface area contributed by atoms with Gasteiger partial charge < -0.3 is 38.6 Å². The number of nitrogens with one attached hydrogen (secondary N) is 1. The number of fused-ring (bicyclic) bond motifs is 2. The zero-order chi connectivity index (χ0) is 46.0. The van der Waals surface area contributed by atoms with Gasteiger partial charge in [-0.05, 0) is 145 Å². The van der Waals surface area contributed by atoms with Crippen LogP contribution in [0.15, 0.2) is 63.6 Å². The predicted octanol–water partition coefficient (Wildman–Crippen LogP) is 10.7. The molecule has 7 aromatic rings. The first-order valence-corrected chi connectivity index (χ1v) is 23.9. The fraction of sp³-hybridized carbons (Fsp3) is 0.440. The summed E-state index contributed by atoms with van der Waals surface area (Å²) in [7, 11) is 0. The maximum absolute atomic E-state index is 13.1. The van der Waals surface area contributed by atoms with Gasteiger partial charge in [-0.2, -0.15) is 0 Å². The fourth-order valence-electron chi connectivity index (χ4n) is 10.9. The lowest BCUT2D eigenvalue weighted by molar-refractivity contribution is -0.119. The molecule has 66 heavy (non-hydrogen) atoms. The number of rotatable bonds is 7. The van der Waals surface area contributed by atoms with Gasteiger partial charge in [-0.3, -0.25) is 9.59 Å². The van der Waals surface area contributed by atoms with E-state index in [0.29, 0.717) is 35.3 Å². The molecule has 2 aliphatic carbocycles. The van der Waals surface area contributed by atoms with Crippen LogP contribution in [0.25, 0.3) is 44.3 Å². The van der Waals surface area contributed by atoms with Crippen molar-refractivity contribution < 1.29 is 28.8 Å². The van der Waals surface area contributed by atoms with Gasteiger partial charge in [-0.1, -0.05) is 45.6 Å². The molecule has 11 rings (SSSR count). The van der Waals surface area contributed by atoms with Crippen LogP contribution in [0.5, 0.6) is 0 Å². The van der Waals surface area contributed by atoms with Crippen molar-refractivity contribution in [2.24, 2.45) is 0 Å². The summed E-state index contributed by atoms with van der Waals surface area (Å²) in [6, 6.07) is 18.1. The molecule has 2 atom stereocenters. The van der Waals surface area contributed by atoms with E-state index in [0.717, 1.165) is 142 Å². The van der Waals surface area contributed by atoms with E-state index in [9.17, 15) is 19.8 Å². The first kappa shape index (κ1) is 44.3. The van der Waals surface area contributed by atoms with Crippen molar-refractivity contribution in [3.05, 3.63) is 99.2 Å². The number of benzene rings is 3. The number of aryl methyl sites for hydroxylation is 4. The third kappa shape index (κ3) is 8.20. The Labute approximate surface area is 392 Å². The Kier molecular flexibility index (Phi) is 12.0. The zero-order valence-corrected chi connectivity index (χ0v) is 39.1. The van der Waals surface area contributed by atoms with Crippen LogP contribution < -0.4 is 10.2 Å². The van der Waals surface area contributed by atoms with E-state index in [4.69, 9.17) is 42.2 Å². The second kappa shape index (κ2) is 17.9. The number of hydrogen-bond acceptors (Lipinski definition) is 10. The molecule has 4 fully saturated rings. The highest BCUT2D eigenvalue weighted by Crippen LogP contribution is 2.44. The summed E-state index contributed by atoms with van der Waals surface area (Å²) in [5.41, 5.74) is 10.4. The van der Waals surface area contributed by atoms with Gasteiger partial charge in [0, 0.05) is 41.7 Å². The van der Waals surface area contributed by atoms with Crippen LogP contribution >= 0.6 is 23.2 Å². The predicted molar refractivity (Wildman–Crippen MR) is 252 cm³/mol. The quantitative estimate of drug-likeness (QED) is 0.139. The smallest absolute Gasteiger partial charge is 0.227 e. The molecule has 2 aliphatic heterocycles. The third-order valence-corrected chi connectivity index (χ3v) is 14.9. The van der Waals surface area contributed by atoms with Gasteiger partial charge in [0.25, 0.3) is 0 Å². The Morgan fingerprint density at radius 1 is 0.621 bits per heavy atom. The van der Waals surface area contributed by atoms with E-state index in [-0.39, 0.29) is 42.1 Å². The number of amides is 2. The van der Waals surface area contributed by atoms with Crippen molar-refractivity contribution >= 4 is 62.8 Å². The van der Waals surface area contributed by atoms with Crippen LogP contribution in [-0.2, 0) is 9.59 Å². The van der Waals surface area contributed by atoms with Crippen molar-refractivity contribution in [1.29, 1.82) is 0 Å². The number of hydrogen-bond donors (Lipinski definition) is 3. The van der Waals surface area contributed by atoms with Crippen molar-refractivity contribution in [3.63, 3.8) is 0 Å². The Morgan fingerprint density at radius 2 is 1.15 bits per heavy atom. The van der Waals surface area contributed by atoms with Gasteiger partial charge in [-0.25, -0.2) is 9.97 Å². The van der Waals surface area contributed by atoms with Crippen molar-refractivity contribution in [1.82, 2.24) is 34.7 Å². The molecule has 16 heteroatoms. The SMILES string of the molecule is Cc1noc(C)c1-c1ccc2c(c1)nc([C@@H]1CCC(=O)N1)n2C1CCC(O)CC1.Cc1noc(C)c1-c1ccc2c(c1)nc([C@@H]1CCC(=O)N1c1ccc(Cl)c(Cl)c1)n2C1CCC(O)CC1. The molecule has 2 saturated heterocycles. The summed E-state index contributed by atoms with van der Waals surface area (Å²) in [4.78, 5) is 37.0. The number of aromatic nitrogens is 6. The molecule has 4 aromatic heterocycles. The van der Waals surface area contributed by atoms with E-state index in [1.807, 2.05) is 38.7 Å². The minimum absolute atomic E-state index is 0.0393. The van der Waals surface area contributed by atoms with Crippen molar-refractivity contribution in [2.45, 2.75) is 141 Å². The molecule has 0 bridgehead atoms. The van der Waals surface area contributed by atoms with Crippen molar-refractivity contribution in [3.8, 4) is 22.3 Å². The number of anilines is 1. The lowest BCUT2D eigenvalue weighted by Crippen LogP contribution is -2.30. The molecule has 2 amide bonds. The second-order valence-corrected chi connectivity index (χ2v) is 19.3. The van der Waals surface area contributed by atoms with Gasteiger partial charge in [0.1, 0.15) is 23.2 Å². The number of imidazole rings is 2. The van der Waals surface area contributed by atoms with Crippen LogP contribution in [-0.4, -0.2) is 63.7 Å². The van der Waals surface area contributed by atoms with Gasteiger partial charge in [0.2, 0.25) is 11.8 Å². The van der Waals surface area contributed by atoms with Crippen LogP contribution in [0.3, 0.4) is 0 Å². The number of carbonyl (C=O) groups excluding carboxylic acids is 2. The Bertz CT molecular complexity index is 2930. The summed E-state index contributed by atoms with van der Waals surface area (Å²) in [5, 5.41) is 32.3. The highest BCUT2D eigenvalue weighted by molar-refractivity contribution is 6.42. The lowest BCUT2D eigenvalue weighted by Gasteiger charge is -2.31. The van der Waals surface area contributed by atoms with Crippen LogP contribution in [0.4, 0.5) is 5.69 Å². The van der Waals surface area contributed by atoms with E-state index >= 15 is 0 Å². The Morgan fingerprint density at radius 3 is 1.64 bits per heavy atom. The maximum atomic E-state index is 13.1. The van der Waals surface area contributed by atoms with E-state index in [1.165, 1.54) is 0 Å². The van der Waals surface area contributed by atoms with Gasteiger partial charge in [-0.15, -0.1) is 0 Å². The fourth-order valence-corrected chi connectivity index (χ4v) is 11.2. The summed E-state index contributed by atoms with van der Waals surface area (Å²) < 4.78 is 15.4. The average molecular weight is 934 g/mol. The van der Waals surface area contributed by atoms with Gasteiger partial charge in [0.05, 0.1) is 67.8 Å². The molecule has 2 saturated carbocycles. The van der Waals surface area contributed by atoms with Crippen LogP contribution in [0.2, 0.25) is 10.0 Å². The second-order valence-electron chi connectivity index (χ2n) is 18.5. The molecule has 0 spiro atoms. The molecular weight excluding hydrogens is 880 g/mol. The largest absolute Gasteiger partial charge is 0.393 e. The molecule has 4 aliphatic rings. The Hall–Kier alpha value is -5.54. The summed E-state index contributed by atoms with van der Waals surface area (Å²) in [6.45, 7) is 7.72. The number of carbonyl (C=O) groups is 2. The van der Waals surface area contributed by atoms with E-state index in [1.54, 1.807) is 12.1 Å². The lowest BCUT2D eigenvalue weighted by atomic mass is 9.92. The molecule has 6 heterocycles. The molecule has 0 radical (unpaired) electrons. The molecular formula is C50H54Cl2N8O6. The molecule has 3 N–H and O–H groups in total. The average Bonchev–Trinajstić information content (AvgIpc) is 4.17. The Balaban J connectivity index is 0.000000160. The number of aliphatic hydroxyl groups excluding tert-OH is 2. The number of aliphatic hydroxyl groups is 2. The summed E-state index contributed by atoms with van der Waals surface area (Å²) >= 11 is 12.5. The van der Waals surface area contributed by atoms with Crippen LogP contribution in [0.1, 0.15) is 136 Å². The first-order chi connectivity index (χ1) is 31.8. The van der Waals surface area contributed by atoms with Crippen molar-refractivity contribution in [2.75, 3.05) is 4.90 Å². The molecule has 344 valence electrons. The molecule has 0 unspecified atom stereocenters. The highest BCUT2D eigenvalue weighted by Gasteiger charge is 2.39. The minimum Gasteiger partial charge on any atom is -0.393 e. The normalized spacial score (nSPS) is 23.5. The number of halogens is 2. The minimum atomic E-state index is -0.263. The topological polar surface area (TPSA) is 178 Å². The highest BCUT2D eigenvalue weighted by atomic mass is 35.5. The zero-order valence-electron chi connectivity index (χ0n) is 37.6. The number of nitrogens with zero attached hydrogens (tertiary/aromatic N) is 7. The first-order valence-electron chi connectivity index (χ1n) is 23.2. The monoisotopic (exact) mass is 932 g/mol. The van der Waals surface area contributed by atoms with Crippen LogP contribution in [0, 0.1) is 27.7 Å².